The van der Waals surface area contributed by atoms with Gasteiger partial charge in [-0.1, -0.05) is 15.9 Å². The number of aryl methyl sites for hydroxylation is 1. The van der Waals surface area contributed by atoms with Crippen LogP contribution in [-0.2, 0) is 4.79 Å². The van der Waals surface area contributed by atoms with Crippen molar-refractivity contribution >= 4 is 37.8 Å². The molecule has 1 aromatic rings. The maximum Gasteiger partial charge on any atom is 0.309 e. The van der Waals surface area contributed by atoms with Gasteiger partial charge < -0.3 is 9.84 Å². The van der Waals surface area contributed by atoms with Gasteiger partial charge >= 0.3 is 5.97 Å². The topological polar surface area (TPSA) is 46.5 Å². The molecule has 0 aliphatic heterocycles. The number of ether oxygens (including phenoxy) is 1. The second-order valence-corrected chi connectivity index (χ2v) is 7.23. The highest BCUT2D eigenvalue weighted by molar-refractivity contribution is 9.11. The molecule has 20 heavy (non-hydrogen) atoms. The fourth-order valence-corrected chi connectivity index (χ4v) is 3.23. The van der Waals surface area contributed by atoms with Gasteiger partial charge in [0.05, 0.1) is 16.5 Å². The van der Waals surface area contributed by atoms with Crippen LogP contribution in [0.4, 0.5) is 0 Å². The molecule has 0 radical (unpaired) electrons. The number of rotatable bonds is 6. The highest BCUT2D eigenvalue weighted by atomic mass is 79.9. The molecule has 1 rings (SSSR count). The van der Waals surface area contributed by atoms with Gasteiger partial charge in [-0.3, -0.25) is 4.79 Å². The summed E-state index contributed by atoms with van der Waals surface area (Å²) in [6.45, 7) is 7.98. The Bertz CT molecular complexity index is 510. The van der Waals surface area contributed by atoms with Crippen molar-refractivity contribution in [3.63, 3.8) is 0 Å². The third-order valence-electron chi connectivity index (χ3n) is 3.36. The van der Waals surface area contributed by atoms with Crippen LogP contribution in [0.5, 0.6) is 5.75 Å². The van der Waals surface area contributed by atoms with E-state index < -0.39 is 11.4 Å². The Kier molecular flexibility index (Phi) is 6.07. The van der Waals surface area contributed by atoms with Crippen molar-refractivity contribution in [2.75, 3.05) is 6.61 Å². The minimum atomic E-state index is -0.769. The van der Waals surface area contributed by atoms with Crippen LogP contribution in [0, 0.1) is 19.3 Å². The van der Waals surface area contributed by atoms with Crippen molar-refractivity contribution in [1.82, 2.24) is 0 Å². The Hall–Kier alpha value is -0.550. The smallest absolute Gasteiger partial charge is 0.309 e. The van der Waals surface area contributed by atoms with Crippen molar-refractivity contribution in [1.29, 1.82) is 0 Å². The number of carboxylic acid groups (broad SMARTS) is 1. The first-order valence-corrected chi connectivity index (χ1v) is 8.07. The molecule has 0 amide bonds. The number of aliphatic carboxylic acids is 1. The van der Waals surface area contributed by atoms with E-state index in [1.54, 1.807) is 13.8 Å². The summed E-state index contributed by atoms with van der Waals surface area (Å²) in [5, 5.41) is 9.06. The van der Waals surface area contributed by atoms with Gasteiger partial charge in [0.25, 0.3) is 0 Å². The lowest BCUT2D eigenvalue weighted by Crippen LogP contribution is -2.24. The van der Waals surface area contributed by atoms with Gasteiger partial charge in [-0.25, -0.2) is 0 Å². The largest absolute Gasteiger partial charge is 0.492 e. The molecule has 0 unspecified atom stereocenters. The summed E-state index contributed by atoms with van der Waals surface area (Å²) in [4.78, 5) is 11.0. The van der Waals surface area contributed by atoms with Gasteiger partial charge in [0.2, 0.25) is 0 Å². The first kappa shape index (κ1) is 17.5. The number of hydrogen-bond acceptors (Lipinski definition) is 2. The van der Waals surface area contributed by atoms with Crippen LogP contribution in [0.25, 0.3) is 0 Å². The molecule has 3 nitrogen and oxygen atoms in total. The molecule has 0 atom stereocenters. The van der Waals surface area contributed by atoms with Crippen LogP contribution in [0.1, 0.15) is 37.8 Å². The molecular formula is C15H20Br2O3. The molecule has 1 N–H and O–H groups in total. The van der Waals surface area contributed by atoms with Crippen molar-refractivity contribution in [2.24, 2.45) is 5.41 Å². The van der Waals surface area contributed by atoms with Crippen LogP contribution in [-0.4, -0.2) is 17.7 Å². The Morgan fingerprint density at radius 1 is 1.35 bits per heavy atom. The van der Waals surface area contributed by atoms with E-state index in [1.165, 1.54) is 0 Å². The van der Waals surface area contributed by atoms with E-state index >= 15 is 0 Å². The maximum atomic E-state index is 11.0. The van der Waals surface area contributed by atoms with Crippen molar-refractivity contribution < 1.29 is 14.6 Å². The van der Waals surface area contributed by atoms with E-state index in [0.717, 1.165) is 25.8 Å². The van der Waals surface area contributed by atoms with E-state index in [9.17, 15) is 4.79 Å². The standard InChI is InChI=1S/C15H20Br2O3/c1-9-8-11(16)10(2)12(17)13(9)20-7-5-6-15(3,4)14(18)19/h8H,5-7H2,1-4H3,(H,18,19). The lowest BCUT2D eigenvalue weighted by atomic mass is 9.88. The molecule has 0 fully saturated rings. The number of carbonyl (C=O) groups is 1. The lowest BCUT2D eigenvalue weighted by Gasteiger charge is -2.19. The molecule has 0 aliphatic rings. The first-order valence-electron chi connectivity index (χ1n) is 6.48. The van der Waals surface area contributed by atoms with Crippen molar-refractivity contribution in [2.45, 2.75) is 40.5 Å². The summed E-state index contributed by atoms with van der Waals surface area (Å²) in [6.07, 6.45) is 1.30. The maximum absolute atomic E-state index is 11.0. The van der Waals surface area contributed by atoms with Crippen molar-refractivity contribution in [3.8, 4) is 5.75 Å². The summed E-state index contributed by atoms with van der Waals surface area (Å²) in [5.41, 5.74) is 1.44. The molecular weight excluding hydrogens is 388 g/mol. The SMILES string of the molecule is Cc1cc(Br)c(C)c(Br)c1OCCCC(C)(C)C(=O)O. The Morgan fingerprint density at radius 2 is 1.95 bits per heavy atom. The summed E-state index contributed by atoms with van der Waals surface area (Å²) < 4.78 is 7.81. The van der Waals surface area contributed by atoms with E-state index in [1.807, 2.05) is 19.9 Å². The average molecular weight is 408 g/mol. The Morgan fingerprint density at radius 3 is 2.50 bits per heavy atom. The average Bonchev–Trinajstić information content (AvgIpc) is 2.35. The number of hydrogen-bond donors (Lipinski definition) is 1. The number of carboxylic acids is 1. The predicted octanol–water partition coefficient (Wildman–Crippen LogP) is 5.10. The minimum absolute atomic E-state index is 0.511. The molecule has 0 saturated heterocycles. The minimum Gasteiger partial charge on any atom is -0.492 e. The van der Waals surface area contributed by atoms with Gasteiger partial charge in [-0.05, 0) is 73.7 Å². The summed E-state index contributed by atoms with van der Waals surface area (Å²) >= 11 is 7.05. The first-order chi connectivity index (χ1) is 9.16. The summed E-state index contributed by atoms with van der Waals surface area (Å²) in [5.74, 6) is 0.0631. The Labute approximate surface area is 137 Å². The van der Waals surface area contributed by atoms with Crippen LogP contribution in [0.2, 0.25) is 0 Å². The highest BCUT2D eigenvalue weighted by Crippen LogP contribution is 2.36. The normalized spacial score (nSPS) is 11.5. The van der Waals surface area contributed by atoms with Crippen LogP contribution in [0.3, 0.4) is 0 Å². The van der Waals surface area contributed by atoms with Crippen LogP contribution in [0.15, 0.2) is 15.0 Å². The third-order valence-corrected chi connectivity index (χ3v) is 5.14. The molecule has 5 heteroatoms. The van der Waals surface area contributed by atoms with E-state index in [4.69, 9.17) is 9.84 Å². The van der Waals surface area contributed by atoms with Gasteiger partial charge in [-0.15, -0.1) is 0 Å². The van der Waals surface area contributed by atoms with E-state index in [2.05, 4.69) is 31.9 Å². The quantitative estimate of drug-likeness (QED) is 0.667. The number of halogens is 2. The number of benzene rings is 1. The Balaban J connectivity index is 2.64. The van der Waals surface area contributed by atoms with Crippen LogP contribution < -0.4 is 4.74 Å². The van der Waals surface area contributed by atoms with Crippen molar-refractivity contribution in [3.05, 3.63) is 26.1 Å². The predicted molar refractivity (Wildman–Crippen MR) is 87.5 cm³/mol. The molecule has 1 aromatic carbocycles. The second kappa shape index (κ2) is 6.94. The lowest BCUT2D eigenvalue weighted by molar-refractivity contribution is -0.147. The monoisotopic (exact) mass is 406 g/mol. The molecule has 0 saturated carbocycles. The molecule has 0 aromatic heterocycles. The fourth-order valence-electron chi connectivity index (χ4n) is 1.78. The van der Waals surface area contributed by atoms with E-state index in [-0.39, 0.29) is 0 Å². The van der Waals surface area contributed by atoms with Gasteiger partial charge in [0.15, 0.2) is 0 Å². The molecule has 0 heterocycles. The molecule has 0 bridgehead atoms. The summed E-state index contributed by atoms with van der Waals surface area (Å²) in [7, 11) is 0. The fraction of sp³-hybridized carbons (Fsp3) is 0.533. The van der Waals surface area contributed by atoms with Gasteiger partial charge in [0.1, 0.15) is 5.75 Å². The molecule has 0 aliphatic carbocycles. The third kappa shape index (κ3) is 4.22. The van der Waals surface area contributed by atoms with E-state index in [0.29, 0.717) is 19.4 Å². The summed E-state index contributed by atoms with van der Waals surface area (Å²) in [6, 6.07) is 2.02. The second-order valence-electron chi connectivity index (χ2n) is 5.58. The van der Waals surface area contributed by atoms with Gasteiger partial charge in [0, 0.05) is 4.47 Å². The zero-order valence-electron chi connectivity index (χ0n) is 12.2. The molecule has 0 spiro atoms. The zero-order valence-corrected chi connectivity index (χ0v) is 15.4. The molecule has 112 valence electrons. The van der Waals surface area contributed by atoms with Gasteiger partial charge in [-0.2, -0.15) is 0 Å². The zero-order chi connectivity index (χ0) is 15.5. The van der Waals surface area contributed by atoms with Crippen LogP contribution >= 0.6 is 31.9 Å². The highest BCUT2D eigenvalue weighted by Gasteiger charge is 2.26.